The standard InChI is InChI=1S/C7H6ClF3N4O2/c1-3-4(15(16)17)5(14-6(8)13-3)12-2-7(9,10)11/h2H2,1H3,(H,12,13,14). The molecule has 1 heterocycles. The van der Waals surface area contributed by atoms with Gasteiger partial charge in [0, 0.05) is 0 Å². The number of nitrogens with zero attached hydrogens (tertiary/aromatic N) is 3. The van der Waals surface area contributed by atoms with Crippen LogP contribution in [0.5, 0.6) is 0 Å². The van der Waals surface area contributed by atoms with Crippen LogP contribution in [-0.4, -0.2) is 27.6 Å². The number of aromatic nitrogens is 2. The van der Waals surface area contributed by atoms with Crippen molar-refractivity contribution >= 4 is 23.1 Å². The molecule has 0 spiro atoms. The Morgan fingerprint density at radius 2 is 2.06 bits per heavy atom. The first-order valence-electron chi connectivity index (χ1n) is 4.20. The van der Waals surface area contributed by atoms with Crippen LogP contribution >= 0.6 is 11.6 Å². The first-order chi connectivity index (χ1) is 7.70. The van der Waals surface area contributed by atoms with E-state index in [2.05, 4.69) is 9.97 Å². The number of nitro groups is 1. The molecule has 0 aliphatic heterocycles. The molecule has 17 heavy (non-hydrogen) atoms. The summed E-state index contributed by atoms with van der Waals surface area (Å²) in [7, 11) is 0. The molecule has 1 rings (SSSR count). The van der Waals surface area contributed by atoms with Gasteiger partial charge in [-0.1, -0.05) is 0 Å². The highest BCUT2D eigenvalue weighted by Crippen LogP contribution is 2.27. The molecular weight excluding hydrogens is 265 g/mol. The number of rotatable bonds is 3. The van der Waals surface area contributed by atoms with Crippen molar-refractivity contribution in [1.82, 2.24) is 9.97 Å². The Bertz CT molecular complexity index is 451. The summed E-state index contributed by atoms with van der Waals surface area (Å²) in [4.78, 5) is 16.6. The smallest absolute Gasteiger partial charge is 0.355 e. The number of anilines is 1. The fraction of sp³-hybridized carbons (Fsp3) is 0.429. The van der Waals surface area contributed by atoms with Gasteiger partial charge in [0.2, 0.25) is 11.1 Å². The highest BCUT2D eigenvalue weighted by Gasteiger charge is 2.30. The zero-order chi connectivity index (χ0) is 13.2. The number of hydrogen-bond acceptors (Lipinski definition) is 5. The minimum Gasteiger partial charge on any atom is -0.355 e. The van der Waals surface area contributed by atoms with E-state index in [0.29, 0.717) is 0 Å². The summed E-state index contributed by atoms with van der Waals surface area (Å²) >= 11 is 5.41. The van der Waals surface area contributed by atoms with Crippen LogP contribution in [0.4, 0.5) is 24.7 Å². The van der Waals surface area contributed by atoms with Crippen molar-refractivity contribution in [2.45, 2.75) is 13.1 Å². The molecule has 0 aromatic carbocycles. The maximum absolute atomic E-state index is 12.0. The second-order valence-electron chi connectivity index (χ2n) is 3.00. The molecule has 0 aliphatic rings. The maximum atomic E-state index is 12.0. The largest absolute Gasteiger partial charge is 0.405 e. The number of aryl methyl sites for hydroxylation is 1. The third-order valence-corrected chi connectivity index (χ3v) is 1.84. The van der Waals surface area contributed by atoms with Crippen molar-refractivity contribution in [2.24, 2.45) is 0 Å². The number of alkyl halides is 3. The van der Waals surface area contributed by atoms with Crippen LogP contribution in [0.2, 0.25) is 5.28 Å². The van der Waals surface area contributed by atoms with Crippen LogP contribution in [0, 0.1) is 17.0 Å². The second kappa shape index (κ2) is 4.70. The molecule has 0 aliphatic carbocycles. The molecule has 0 atom stereocenters. The number of nitrogens with one attached hydrogen (secondary N) is 1. The molecule has 0 radical (unpaired) electrons. The first kappa shape index (κ1) is 13.4. The van der Waals surface area contributed by atoms with E-state index in [9.17, 15) is 23.3 Å². The summed E-state index contributed by atoms with van der Waals surface area (Å²) in [6.07, 6.45) is -4.51. The van der Waals surface area contributed by atoms with Crippen molar-refractivity contribution in [2.75, 3.05) is 11.9 Å². The van der Waals surface area contributed by atoms with Gasteiger partial charge in [0.25, 0.3) is 0 Å². The van der Waals surface area contributed by atoms with E-state index < -0.39 is 29.1 Å². The molecule has 1 aromatic rings. The quantitative estimate of drug-likeness (QED) is 0.518. The van der Waals surface area contributed by atoms with Gasteiger partial charge in [-0.25, -0.2) is 4.98 Å². The van der Waals surface area contributed by atoms with Crippen molar-refractivity contribution in [3.05, 3.63) is 21.1 Å². The summed E-state index contributed by atoms with van der Waals surface area (Å²) in [5.41, 5.74) is -0.738. The van der Waals surface area contributed by atoms with Gasteiger partial charge in [0.15, 0.2) is 0 Å². The molecule has 10 heteroatoms. The van der Waals surface area contributed by atoms with Gasteiger partial charge in [-0.2, -0.15) is 18.2 Å². The lowest BCUT2D eigenvalue weighted by molar-refractivity contribution is -0.385. The molecule has 94 valence electrons. The monoisotopic (exact) mass is 270 g/mol. The van der Waals surface area contributed by atoms with Gasteiger partial charge in [0.05, 0.1) is 4.92 Å². The van der Waals surface area contributed by atoms with Crippen LogP contribution in [0.3, 0.4) is 0 Å². The van der Waals surface area contributed by atoms with E-state index in [1.165, 1.54) is 6.92 Å². The third kappa shape index (κ3) is 3.70. The average Bonchev–Trinajstić information content (AvgIpc) is 2.11. The highest BCUT2D eigenvalue weighted by atomic mass is 35.5. The normalized spacial score (nSPS) is 11.4. The lowest BCUT2D eigenvalue weighted by atomic mass is 10.3. The Balaban J connectivity index is 3.09. The molecular formula is C7H6ClF3N4O2. The minimum atomic E-state index is -4.51. The molecule has 0 saturated heterocycles. The second-order valence-corrected chi connectivity index (χ2v) is 3.34. The van der Waals surface area contributed by atoms with Gasteiger partial charge in [-0.3, -0.25) is 10.1 Å². The summed E-state index contributed by atoms with van der Waals surface area (Å²) in [6, 6.07) is 0. The molecule has 6 nitrogen and oxygen atoms in total. The fourth-order valence-corrected chi connectivity index (χ4v) is 1.27. The number of halogens is 4. The van der Waals surface area contributed by atoms with Crippen molar-refractivity contribution in [1.29, 1.82) is 0 Å². The van der Waals surface area contributed by atoms with E-state index in [1.54, 1.807) is 0 Å². The van der Waals surface area contributed by atoms with Crippen LogP contribution in [0.25, 0.3) is 0 Å². The summed E-state index contributed by atoms with van der Waals surface area (Å²) < 4.78 is 35.9. The van der Waals surface area contributed by atoms with E-state index >= 15 is 0 Å². The Hall–Kier alpha value is -1.64. The summed E-state index contributed by atoms with van der Waals surface area (Å²) in [5, 5.41) is 12.1. The molecule has 0 saturated carbocycles. The van der Waals surface area contributed by atoms with E-state index in [4.69, 9.17) is 11.6 Å². The topological polar surface area (TPSA) is 81.0 Å². The van der Waals surface area contributed by atoms with E-state index in [1.807, 2.05) is 5.32 Å². The van der Waals surface area contributed by atoms with Crippen LogP contribution < -0.4 is 5.32 Å². The third-order valence-electron chi connectivity index (χ3n) is 1.67. The highest BCUT2D eigenvalue weighted by molar-refractivity contribution is 6.28. The molecule has 0 unspecified atom stereocenters. The SMILES string of the molecule is Cc1nc(Cl)nc(NCC(F)(F)F)c1[N+](=O)[O-]. The Labute approximate surface area is 98.0 Å². The predicted octanol–water partition coefficient (Wildman–Crippen LogP) is 2.32. The zero-order valence-electron chi connectivity index (χ0n) is 8.38. The summed E-state index contributed by atoms with van der Waals surface area (Å²) in [6.45, 7) is -0.189. The molecule has 0 bridgehead atoms. The van der Waals surface area contributed by atoms with Crippen molar-refractivity contribution < 1.29 is 18.1 Å². The maximum Gasteiger partial charge on any atom is 0.405 e. The first-order valence-corrected chi connectivity index (χ1v) is 4.57. The molecule has 1 aromatic heterocycles. The van der Waals surface area contributed by atoms with Crippen LogP contribution in [0.15, 0.2) is 0 Å². The van der Waals surface area contributed by atoms with Gasteiger partial charge in [-0.05, 0) is 18.5 Å². The van der Waals surface area contributed by atoms with Gasteiger partial charge < -0.3 is 5.32 Å². The van der Waals surface area contributed by atoms with Crippen LogP contribution in [0.1, 0.15) is 5.69 Å². The zero-order valence-corrected chi connectivity index (χ0v) is 9.13. The lowest BCUT2D eigenvalue weighted by Crippen LogP contribution is -2.22. The Morgan fingerprint density at radius 1 is 1.47 bits per heavy atom. The van der Waals surface area contributed by atoms with Crippen molar-refractivity contribution in [3.63, 3.8) is 0 Å². The van der Waals surface area contributed by atoms with Crippen molar-refractivity contribution in [3.8, 4) is 0 Å². The van der Waals surface area contributed by atoms with Gasteiger partial charge >= 0.3 is 11.9 Å². The fourth-order valence-electron chi connectivity index (χ4n) is 1.06. The predicted molar refractivity (Wildman–Crippen MR) is 53.0 cm³/mol. The molecule has 1 N–H and O–H groups in total. The minimum absolute atomic E-state index is 0.111. The van der Waals surface area contributed by atoms with E-state index in [0.717, 1.165) is 0 Å². The van der Waals surface area contributed by atoms with Gasteiger partial charge in [-0.15, -0.1) is 0 Å². The molecule has 0 amide bonds. The van der Waals surface area contributed by atoms with E-state index in [-0.39, 0.29) is 11.0 Å². The Kier molecular flexibility index (Phi) is 3.71. The number of hydrogen-bond donors (Lipinski definition) is 1. The van der Waals surface area contributed by atoms with Crippen LogP contribution in [-0.2, 0) is 0 Å². The average molecular weight is 271 g/mol. The summed E-state index contributed by atoms with van der Waals surface area (Å²) in [5.74, 6) is -0.551. The van der Waals surface area contributed by atoms with Gasteiger partial charge in [0.1, 0.15) is 12.2 Å². The lowest BCUT2D eigenvalue weighted by Gasteiger charge is -2.09. The Morgan fingerprint density at radius 3 is 2.53 bits per heavy atom. The molecule has 0 fully saturated rings.